The first-order chi connectivity index (χ1) is 6.39. The third-order valence-corrected chi connectivity index (χ3v) is 1.23. The maximum atomic E-state index is 8.63. The lowest BCUT2D eigenvalue weighted by atomic mass is 10.3. The summed E-state index contributed by atoms with van der Waals surface area (Å²) in [5.41, 5.74) is 0. The van der Waals surface area contributed by atoms with Crippen molar-refractivity contribution in [1.82, 2.24) is 9.97 Å². The monoisotopic (exact) mass is 174 g/mol. The van der Waals surface area contributed by atoms with Gasteiger partial charge >= 0.3 is 0 Å². The summed E-state index contributed by atoms with van der Waals surface area (Å²) < 4.78 is 0. The fourth-order valence-corrected chi connectivity index (χ4v) is 0.681. The summed E-state index contributed by atoms with van der Waals surface area (Å²) in [7, 11) is 0. The van der Waals surface area contributed by atoms with Gasteiger partial charge in [-0.3, -0.25) is 0 Å². The molecule has 0 fully saturated rings. The van der Waals surface area contributed by atoms with Crippen molar-refractivity contribution in [2.75, 3.05) is 0 Å². The molecule has 2 rings (SSSR count). The van der Waals surface area contributed by atoms with Crippen LogP contribution in [0.15, 0.2) is 55.1 Å². The van der Waals surface area contributed by atoms with Crippen LogP contribution in [0.2, 0.25) is 0 Å². The van der Waals surface area contributed by atoms with Gasteiger partial charge in [0.25, 0.3) is 0 Å². The largest absolute Gasteiger partial charge is 0.508 e. The Morgan fingerprint density at radius 2 is 1.46 bits per heavy atom. The molecule has 0 amide bonds. The van der Waals surface area contributed by atoms with Gasteiger partial charge in [-0.2, -0.15) is 0 Å². The maximum Gasteiger partial charge on any atom is 0.115 e. The molecular formula is C10H10N2O. The van der Waals surface area contributed by atoms with E-state index in [4.69, 9.17) is 5.11 Å². The third kappa shape index (κ3) is 4.53. The van der Waals surface area contributed by atoms with E-state index >= 15 is 0 Å². The molecule has 3 heteroatoms. The predicted octanol–water partition coefficient (Wildman–Crippen LogP) is 1.87. The average Bonchev–Trinajstić information content (AvgIpc) is 2.22. The number of rotatable bonds is 0. The molecule has 1 aromatic carbocycles. The molecule has 13 heavy (non-hydrogen) atoms. The second kappa shape index (κ2) is 5.71. The number of aromatic nitrogens is 2. The van der Waals surface area contributed by atoms with Crippen molar-refractivity contribution >= 4 is 0 Å². The SMILES string of the molecule is Oc1ccccc1.c1cncnc1. The second-order valence-corrected chi connectivity index (χ2v) is 2.24. The van der Waals surface area contributed by atoms with E-state index in [9.17, 15) is 0 Å². The lowest BCUT2D eigenvalue weighted by Gasteiger charge is -1.82. The quantitative estimate of drug-likeness (QED) is 0.663. The lowest BCUT2D eigenvalue weighted by Crippen LogP contribution is -1.66. The van der Waals surface area contributed by atoms with Gasteiger partial charge in [0.05, 0.1) is 0 Å². The van der Waals surface area contributed by atoms with Crippen LogP contribution in [-0.4, -0.2) is 15.1 Å². The molecule has 66 valence electrons. The molecule has 0 spiro atoms. The molecule has 0 saturated heterocycles. The van der Waals surface area contributed by atoms with Gasteiger partial charge < -0.3 is 5.11 Å². The van der Waals surface area contributed by atoms with Gasteiger partial charge in [-0.1, -0.05) is 18.2 Å². The van der Waals surface area contributed by atoms with Crippen molar-refractivity contribution in [3.05, 3.63) is 55.1 Å². The van der Waals surface area contributed by atoms with Crippen LogP contribution in [0.1, 0.15) is 0 Å². The predicted molar refractivity (Wildman–Crippen MR) is 50.1 cm³/mol. The van der Waals surface area contributed by atoms with Crippen LogP contribution in [0.4, 0.5) is 0 Å². The molecule has 1 aromatic heterocycles. The molecule has 0 aliphatic carbocycles. The molecule has 0 aliphatic rings. The third-order valence-electron chi connectivity index (χ3n) is 1.23. The highest BCUT2D eigenvalue weighted by Crippen LogP contribution is 2.02. The summed E-state index contributed by atoms with van der Waals surface area (Å²) in [6, 6.07) is 10.5. The number of phenols is 1. The Kier molecular flexibility index (Phi) is 4.04. The molecule has 0 bridgehead atoms. The van der Waals surface area contributed by atoms with E-state index in [2.05, 4.69) is 9.97 Å². The minimum absolute atomic E-state index is 0.322. The number of benzene rings is 1. The number of nitrogens with zero attached hydrogens (tertiary/aromatic N) is 2. The van der Waals surface area contributed by atoms with Gasteiger partial charge in [0.1, 0.15) is 12.1 Å². The fraction of sp³-hybridized carbons (Fsp3) is 0. The van der Waals surface area contributed by atoms with Crippen LogP contribution in [0.25, 0.3) is 0 Å². The fourth-order valence-electron chi connectivity index (χ4n) is 0.681. The highest BCUT2D eigenvalue weighted by Gasteiger charge is 1.74. The van der Waals surface area contributed by atoms with E-state index in [1.165, 1.54) is 6.33 Å². The number of phenolic OH excluding ortho intramolecular Hbond substituents is 1. The number of para-hydroxylation sites is 1. The Balaban J connectivity index is 0.000000132. The minimum Gasteiger partial charge on any atom is -0.508 e. The van der Waals surface area contributed by atoms with Crippen LogP contribution < -0.4 is 0 Å². The summed E-state index contributed by atoms with van der Waals surface area (Å²) in [6.45, 7) is 0. The summed E-state index contributed by atoms with van der Waals surface area (Å²) in [4.78, 5) is 7.35. The average molecular weight is 174 g/mol. The van der Waals surface area contributed by atoms with Crippen LogP contribution in [0.5, 0.6) is 5.75 Å². The molecule has 1 heterocycles. The van der Waals surface area contributed by atoms with Crippen molar-refractivity contribution in [2.24, 2.45) is 0 Å². The first-order valence-corrected chi connectivity index (χ1v) is 3.83. The highest BCUT2D eigenvalue weighted by atomic mass is 16.3. The molecule has 1 N–H and O–H groups in total. The minimum atomic E-state index is 0.322. The van der Waals surface area contributed by atoms with Gasteiger partial charge in [0, 0.05) is 12.4 Å². The van der Waals surface area contributed by atoms with E-state index < -0.39 is 0 Å². The van der Waals surface area contributed by atoms with Gasteiger partial charge in [0.15, 0.2) is 0 Å². The first kappa shape index (κ1) is 9.19. The topological polar surface area (TPSA) is 46.0 Å². The van der Waals surface area contributed by atoms with Crippen LogP contribution in [0.3, 0.4) is 0 Å². The Labute approximate surface area is 76.7 Å². The summed E-state index contributed by atoms with van der Waals surface area (Å²) in [5, 5.41) is 8.63. The van der Waals surface area contributed by atoms with Crippen molar-refractivity contribution in [3.63, 3.8) is 0 Å². The molecule has 2 aromatic rings. The zero-order chi connectivity index (χ0) is 9.36. The lowest BCUT2D eigenvalue weighted by molar-refractivity contribution is 0.475. The molecule has 0 saturated carbocycles. The van der Waals surface area contributed by atoms with E-state index in [0.29, 0.717) is 5.75 Å². The first-order valence-electron chi connectivity index (χ1n) is 3.83. The van der Waals surface area contributed by atoms with E-state index in [1.54, 1.807) is 42.7 Å². The Hall–Kier alpha value is -1.90. The highest BCUT2D eigenvalue weighted by molar-refractivity contribution is 5.18. The van der Waals surface area contributed by atoms with E-state index in [-0.39, 0.29) is 0 Å². The van der Waals surface area contributed by atoms with Gasteiger partial charge in [-0.05, 0) is 18.2 Å². The van der Waals surface area contributed by atoms with Crippen molar-refractivity contribution in [3.8, 4) is 5.75 Å². The number of aromatic hydroxyl groups is 1. The number of hydrogen-bond acceptors (Lipinski definition) is 3. The Bertz CT molecular complexity index is 283. The zero-order valence-corrected chi connectivity index (χ0v) is 7.04. The van der Waals surface area contributed by atoms with Gasteiger partial charge in [0.2, 0.25) is 0 Å². The molecule has 0 radical (unpaired) electrons. The summed E-state index contributed by atoms with van der Waals surface area (Å²) in [6.07, 6.45) is 4.88. The molecule has 0 aliphatic heterocycles. The molecule has 0 unspecified atom stereocenters. The zero-order valence-electron chi connectivity index (χ0n) is 7.04. The Morgan fingerprint density at radius 1 is 0.846 bits per heavy atom. The second-order valence-electron chi connectivity index (χ2n) is 2.24. The van der Waals surface area contributed by atoms with E-state index in [0.717, 1.165) is 0 Å². The van der Waals surface area contributed by atoms with Crippen molar-refractivity contribution in [1.29, 1.82) is 0 Å². The number of hydrogen-bond donors (Lipinski definition) is 1. The molecule has 3 nitrogen and oxygen atoms in total. The van der Waals surface area contributed by atoms with Crippen molar-refractivity contribution < 1.29 is 5.11 Å². The van der Waals surface area contributed by atoms with Crippen LogP contribution in [-0.2, 0) is 0 Å². The smallest absolute Gasteiger partial charge is 0.115 e. The molecule has 0 atom stereocenters. The van der Waals surface area contributed by atoms with Crippen LogP contribution in [0, 0.1) is 0 Å². The van der Waals surface area contributed by atoms with Crippen molar-refractivity contribution in [2.45, 2.75) is 0 Å². The Morgan fingerprint density at radius 3 is 1.69 bits per heavy atom. The maximum absolute atomic E-state index is 8.63. The molecular weight excluding hydrogens is 164 g/mol. The van der Waals surface area contributed by atoms with E-state index in [1.807, 2.05) is 6.07 Å². The summed E-state index contributed by atoms with van der Waals surface area (Å²) in [5.74, 6) is 0.322. The van der Waals surface area contributed by atoms with Gasteiger partial charge in [-0.15, -0.1) is 0 Å². The van der Waals surface area contributed by atoms with Gasteiger partial charge in [-0.25, -0.2) is 9.97 Å². The standard InChI is InChI=1S/C6H6O.C4H4N2/c7-6-4-2-1-3-5-6;1-2-5-4-6-3-1/h1-5,7H;1-4H. The van der Waals surface area contributed by atoms with Crippen LogP contribution >= 0.6 is 0 Å². The summed E-state index contributed by atoms with van der Waals surface area (Å²) >= 11 is 0. The normalized spacial score (nSPS) is 8.31.